The van der Waals surface area contributed by atoms with Crippen molar-refractivity contribution < 1.29 is 19.4 Å². The van der Waals surface area contributed by atoms with E-state index in [0.717, 1.165) is 11.3 Å². The number of amides is 2. The maximum Gasteiger partial charge on any atom is 0.317 e. The lowest BCUT2D eigenvalue weighted by atomic mass is 9.84. The first-order valence-corrected chi connectivity index (χ1v) is 7.53. The highest BCUT2D eigenvalue weighted by Gasteiger charge is 2.23. The quantitative estimate of drug-likeness (QED) is 0.807. The minimum Gasteiger partial charge on any atom is -0.497 e. The Hall–Kier alpha value is -2.24. The lowest BCUT2D eigenvalue weighted by molar-refractivity contribution is -0.141. The average molecular weight is 322 g/mol. The average Bonchev–Trinajstić information content (AvgIpc) is 2.52. The number of hydrogen-bond donors (Lipinski definition) is 2. The van der Waals surface area contributed by atoms with Crippen molar-refractivity contribution in [1.29, 1.82) is 0 Å². The lowest BCUT2D eigenvalue weighted by Crippen LogP contribution is -2.45. The summed E-state index contributed by atoms with van der Waals surface area (Å²) >= 11 is 0. The monoisotopic (exact) mass is 322 g/mol. The molecule has 6 nitrogen and oxygen atoms in total. The molecule has 0 saturated carbocycles. The Bertz CT molecular complexity index is 540. The van der Waals surface area contributed by atoms with Crippen molar-refractivity contribution in [3.63, 3.8) is 0 Å². The minimum atomic E-state index is -0.914. The van der Waals surface area contributed by atoms with Crippen molar-refractivity contribution in [2.45, 2.75) is 26.2 Å². The number of methoxy groups -OCH3 is 1. The number of carbonyl (C=O) groups is 2. The van der Waals surface area contributed by atoms with Crippen molar-refractivity contribution in [2.24, 2.45) is 5.92 Å². The molecule has 0 fully saturated rings. The molecule has 0 aliphatic heterocycles. The fourth-order valence-electron chi connectivity index (χ4n) is 2.15. The summed E-state index contributed by atoms with van der Waals surface area (Å²) in [5.41, 5.74) is 0.835. The van der Waals surface area contributed by atoms with E-state index in [4.69, 9.17) is 9.84 Å². The summed E-state index contributed by atoms with van der Waals surface area (Å²) in [6.45, 7) is 6.27. The maximum absolute atomic E-state index is 12.1. The molecule has 0 aromatic heterocycles. The van der Waals surface area contributed by atoms with Crippen LogP contribution in [0.1, 0.15) is 26.3 Å². The van der Waals surface area contributed by atoms with Crippen molar-refractivity contribution in [3.8, 4) is 5.75 Å². The van der Waals surface area contributed by atoms with Crippen LogP contribution in [-0.4, -0.2) is 49.3 Å². The molecule has 1 unspecified atom stereocenters. The second-order valence-corrected chi connectivity index (χ2v) is 6.39. The molecule has 1 aromatic rings. The third-order valence-corrected chi connectivity index (χ3v) is 3.87. The van der Waals surface area contributed by atoms with E-state index in [-0.39, 0.29) is 18.0 Å². The van der Waals surface area contributed by atoms with Crippen LogP contribution in [0, 0.1) is 5.92 Å². The summed E-state index contributed by atoms with van der Waals surface area (Å²) in [6.07, 6.45) is 0. The first-order valence-electron chi connectivity index (χ1n) is 7.53. The molecule has 2 amide bonds. The predicted molar refractivity (Wildman–Crippen MR) is 88.8 cm³/mol. The SMILES string of the molecule is COc1ccc(C(C)(C)CNC(=O)N(C)CC(C)C(=O)O)cc1. The number of carbonyl (C=O) groups excluding carboxylic acids is 1. The van der Waals surface area contributed by atoms with Gasteiger partial charge in [-0.25, -0.2) is 4.79 Å². The molecule has 128 valence electrons. The first-order chi connectivity index (χ1) is 10.7. The summed E-state index contributed by atoms with van der Waals surface area (Å²) in [4.78, 5) is 24.3. The van der Waals surface area contributed by atoms with Gasteiger partial charge >= 0.3 is 12.0 Å². The Morgan fingerprint density at radius 3 is 2.35 bits per heavy atom. The van der Waals surface area contributed by atoms with E-state index in [2.05, 4.69) is 5.32 Å². The van der Waals surface area contributed by atoms with Crippen LogP contribution in [0.3, 0.4) is 0 Å². The zero-order valence-corrected chi connectivity index (χ0v) is 14.4. The van der Waals surface area contributed by atoms with Gasteiger partial charge in [0.25, 0.3) is 0 Å². The summed E-state index contributed by atoms with van der Waals surface area (Å²) in [5, 5.41) is 11.8. The number of hydrogen-bond acceptors (Lipinski definition) is 3. The van der Waals surface area contributed by atoms with E-state index in [9.17, 15) is 9.59 Å². The number of rotatable bonds is 7. The molecule has 0 bridgehead atoms. The van der Waals surface area contributed by atoms with Gasteiger partial charge in [-0.2, -0.15) is 0 Å². The van der Waals surface area contributed by atoms with Gasteiger partial charge in [0, 0.05) is 25.6 Å². The van der Waals surface area contributed by atoms with Crippen LogP contribution in [0.2, 0.25) is 0 Å². The molecular formula is C17H26N2O4. The zero-order valence-electron chi connectivity index (χ0n) is 14.4. The highest BCUT2D eigenvalue weighted by molar-refractivity contribution is 5.75. The minimum absolute atomic E-state index is 0.171. The second-order valence-electron chi connectivity index (χ2n) is 6.39. The normalized spacial score (nSPS) is 12.4. The van der Waals surface area contributed by atoms with E-state index >= 15 is 0 Å². The molecule has 0 aliphatic rings. The van der Waals surface area contributed by atoms with Crippen LogP contribution in [0.15, 0.2) is 24.3 Å². The topological polar surface area (TPSA) is 78.9 Å². The first kappa shape index (κ1) is 18.8. The highest BCUT2D eigenvalue weighted by atomic mass is 16.5. The Labute approximate surface area is 137 Å². The molecule has 0 spiro atoms. The van der Waals surface area contributed by atoms with Gasteiger partial charge in [0.15, 0.2) is 0 Å². The van der Waals surface area contributed by atoms with Crippen molar-refractivity contribution in [3.05, 3.63) is 29.8 Å². The van der Waals surface area contributed by atoms with Gasteiger partial charge in [-0.1, -0.05) is 32.9 Å². The smallest absolute Gasteiger partial charge is 0.317 e. The largest absolute Gasteiger partial charge is 0.497 e. The molecule has 2 N–H and O–H groups in total. The van der Waals surface area contributed by atoms with Gasteiger partial charge in [0.05, 0.1) is 13.0 Å². The number of carboxylic acid groups (broad SMARTS) is 1. The van der Waals surface area contributed by atoms with E-state index < -0.39 is 11.9 Å². The Kier molecular flexibility index (Phi) is 6.42. The van der Waals surface area contributed by atoms with Crippen molar-refractivity contribution in [1.82, 2.24) is 10.2 Å². The lowest BCUT2D eigenvalue weighted by Gasteiger charge is -2.28. The fourth-order valence-corrected chi connectivity index (χ4v) is 2.15. The van der Waals surface area contributed by atoms with Gasteiger partial charge in [-0.3, -0.25) is 4.79 Å². The molecule has 0 aliphatic carbocycles. The standard InChI is InChI=1S/C17H26N2O4/c1-12(15(20)21)10-19(4)16(22)18-11-17(2,3)13-6-8-14(23-5)9-7-13/h6-9,12H,10-11H2,1-5H3,(H,18,22)(H,20,21). The van der Waals surface area contributed by atoms with Crippen LogP contribution in [-0.2, 0) is 10.2 Å². The molecule has 1 rings (SSSR count). The maximum atomic E-state index is 12.1. The number of aliphatic carboxylic acids is 1. The van der Waals surface area contributed by atoms with E-state index in [1.54, 1.807) is 21.1 Å². The predicted octanol–water partition coefficient (Wildman–Crippen LogP) is 2.33. The summed E-state index contributed by atoms with van der Waals surface area (Å²) in [6, 6.07) is 7.45. The molecule has 1 atom stereocenters. The fraction of sp³-hybridized carbons (Fsp3) is 0.529. The van der Waals surface area contributed by atoms with Gasteiger partial charge in [-0.05, 0) is 17.7 Å². The van der Waals surface area contributed by atoms with Crippen LogP contribution in [0.25, 0.3) is 0 Å². The number of nitrogens with zero attached hydrogens (tertiary/aromatic N) is 1. The molecule has 1 aromatic carbocycles. The number of ether oxygens (including phenoxy) is 1. The zero-order chi connectivity index (χ0) is 17.6. The van der Waals surface area contributed by atoms with E-state index in [1.807, 2.05) is 38.1 Å². The number of benzene rings is 1. The molecule has 23 heavy (non-hydrogen) atoms. The molecular weight excluding hydrogens is 296 g/mol. The van der Waals surface area contributed by atoms with Gasteiger partial charge in [0.1, 0.15) is 5.75 Å². The van der Waals surface area contributed by atoms with E-state index in [0.29, 0.717) is 6.54 Å². The van der Waals surface area contributed by atoms with Crippen molar-refractivity contribution in [2.75, 3.05) is 27.2 Å². The van der Waals surface area contributed by atoms with Crippen LogP contribution < -0.4 is 10.1 Å². The number of urea groups is 1. The molecule has 6 heteroatoms. The van der Waals surface area contributed by atoms with Crippen molar-refractivity contribution >= 4 is 12.0 Å². The van der Waals surface area contributed by atoms with Crippen LogP contribution in [0.5, 0.6) is 5.75 Å². The van der Waals surface area contributed by atoms with Gasteiger partial charge in [0.2, 0.25) is 0 Å². The number of carboxylic acids is 1. The van der Waals surface area contributed by atoms with Crippen LogP contribution in [0.4, 0.5) is 4.79 Å². The second kappa shape index (κ2) is 7.85. The van der Waals surface area contributed by atoms with E-state index in [1.165, 1.54) is 4.90 Å². The summed E-state index contributed by atoms with van der Waals surface area (Å²) in [7, 11) is 3.21. The molecule has 0 heterocycles. The van der Waals surface area contributed by atoms with Gasteiger partial charge in [-0.15, -0.1) is 0 Å². The molecule has 0 saturated heterocycles. The molecule has 0 radical (unpaired) electrons. The summed E-state index contributed by atoms with van der Waals surface area (Å²) < 4.78 is 5.14. The van der Waals surface area contributed by atoms with Crippen LogP contribution >= 0.6 is 0 Å². The number of nitrogens with one attached hydrogen (secondary N) is 1. The highest BCUT2D eigenvalue weighted by Crippen LogP contribution is 2.24. The Morgan fingerprint density at radius 1 is 1.30 bits per heavy atom. The summed E-state index contributed by atoms with van der Waals surface area (Å²) in [5.74, 6) is -0.723. The van der Waals surface area contributed by atoms with Gasteiger partial charge < -0.3 is 20.1 Å². The third kappa shape index (κ3) is 5.47. The Morgan fingerprint density at radius 2 is 1.87 bits per heavy atom. The third-order valence-electron chi connectivity index (χ3n) is 3.87. The Balaban J connectivity index is 2.60.